The van der Waals surface area contributed by atoms with Crippen molar-refractivity contribution in [2.45, 2.75) is 31.4 Å². The lowest BCUT2D eigenvalue weighted by Crippen LogP contribution is -2.33. The van der Waals surface area contributed by atoms with E-state index in [9.17, 15) is 9.59 Å². The van der Waals surface area contributed by atoms with Gasteiger partial charge < -0.3 is 14.3 Å². The van der Waals surface area contributed by atoms with E-state index in [1.807, 2.05) is 61.5 Å². The van der Waals surface area contributed by atoms with Crippen LogP contribution in [-0.2, 0) is 22.4 Å². The molecule has 1 fully saturated rings. The number of hydrogen-bond donors (Lipinski definition) is 1. The minimum atomic E-state index is -0.949. The predicted molar refractivity (Wildman–Crippen MR) is 134 cm³/mol. The minimum Gasteiger partial charge on any atom is -0.493 e. The highest BCUT2D eigenvalue weighted by molar-refractivity contribution is 8.24. The van der Waals surface area contributed by atoms with Crippen molar-refractivity contribution in [1.29, 1.82) is 0 Å². The van der Waals surface area contributed by atoms with E-state index in [-0.39, 0.29) is 24.1 Å². The smallest absolute Gasteiger partial charge is 0.305 e. The second-order valence-corrected chi connectivity index (χ2v) is 9.68. The quantitative estimate of drug-likeness (QED) is 0.410. The number of carbonyl (C=O) groups is 2. The fourth-order valence-electron chi connectivity index (χ4n) is 3.60. The van der Waals surface area contributed by atoms with Gasteiger partial charge in [0.2, 0.25) is 11.8 Å². The van der Waals surface area contributed by atoms with Crippen molar-refractivity contribution >= 4 is 40.2 Å². The molecule has 9 heteroatoms. The van der Waals surface area contributed by atoms with Crippen molar-refractivity contribution in [2.75, 3.05) is 13.2 Å². The monoisotopic (exact) mass is 496 g/mol. The van der Waals surface area contributed by atoms with Crippen molar-refractivity contribution in [3.05, 3.63) is 71.6 Å². The number of aromatic nitrogens is 1. The van der Waals surface area contributed by atoms with E-state index in [2.05, 4.69) is 4.98 Å². The van der Waals surface area contributed by atoms with Crippen LogP contribution >= 0.6 is 24.0 Å². The summed E-state index contributed by atoms with van der Waals surface area (Å²) in [6.07, 6.45) is 1.03. The van der Waals surface area contributed by atoms with E-state index >= 15 is 0 Å². The molecule has 7 nitrogen and oxygen atoms in total. The highest BCUT2D eigenvalue weighted by Gasteiger charge is 2.36. The third-order valence-electron chi connectivity index (χ3n) is 5.42. The lowest BCUT2D eigenvalue weighted by atomic mass is 10.1. The molecule has 1 amide bonds. The topological polar surface area (TPSA) is 92.9 Å². The lowest BCUT2D eigenvalue weighted by Gasteiger charge is -2.14. The molecule has 1 aliphatic heterocycles. The van der Waals surface area contributed by atoms with Gasteiger partial charge in [-0.25, -0.2) is 4.98 Å². The second kappa shape index (κ2) is 10.8. The van der Waals surface area contributed by atoms with Gasteiger partial charge in [0.1, 0.15) is 15.8 Å². The molecule has 1 aromatic heterocycles. The molecular weight excluding hydrogens is 472 g/mol. The lowest BCUT2D eigenvalue weighted by molar-refractivity contribution is -0.137. The van der Waals surface area contributed by atoms with E-state index < -0.39 is 5.97 Å². The Kier molecular flexibility index (Phi) is 7.64. The van der Waals surface area contributed by atoms with Gasteiger partial charge in [-0.05, 0) is 43.2 Å². The van der Waals surface area contributed by atoms with Crippen molar-refractivity contribution < 1.29 is 23.8 Å². The normalized spacial score (nSPS) is 15.7. The third kappa shape index (κ3) is 5.84. The van der Waals surface area contributed by atoms with Gasteiger partial charge in [-0.1, -0.05) is 54.3 Å². The average molecular weight is 497 g/mol. The molecule has 1 aliphatic rings. The number of thiocarbonyl (C=S) groups is 1. The Morgan fingerprint density at radius 2 is 1.94 bits per heavy atom. The Balaban J connectivity index is 1.28. The molecule has 1 atom stereocenters. The van der Waals surface area contributed by atoms with Crippen molar-refractivity contribution in [3.8, 4) is 17.2 Å². The summed E-state index contributed by atoms with van der Waals surface area (Å²) in [5, 5.41) is 8.52. The largest absolute Gasteiger partial charge is 0.493 e. The van der Waals surface area contributed by atoms with Crippen LogP contribution < -0.4 is 4.74 Å². The molecule has 0 radical (unpaired) electrons. The van der Waals surface area contributed by atoms with Crippen LogP contribution in [0.2, 0.25) is 0 Å². The van der Waals surface area contributed by atoms with Crippen LogP contribution in [0.5, 0.6) is 5.75 Å². The van der Waals surface area contributed by atoms with Crippen LogP contribution in [-0.4, -0.2) is 49.6 Å². The summed E-state index contributed by atoms with van der Waals surface area (Å²) in [7, 11) is 0. The van der Waals surface area contributed by atoms with E-state index in [0.29, 0.717) is 29.7 Å². The third-order valence-corrected chi connectivity index (χ3v) is 7.00. The summed E-state index contributed by atoms with van der Waals surface area (Å²) in [6, 6.07) is 17.4. The number of rotatable bonds is 10. The standard InChI is InChI=1S/C25H24N2O5S2/c1-16-20(26-23(32-16)18-5-3-2-4-6-18)12-14-31-19-9-7-17(8-10-19)15-21-24(30)27(25(33)34-21)13-11-22(28)29/h2-10,21H,11-15H2,1H3,(H,28,29). The van der Waals surface area contributed by atoms with E-state index in [0.717, 1.165) is 28.3 Å². The van der Waals surface area contributed by atoms with Crippen LogP contribution in [0.3, 0.4) is 0 Å². The van der Waals surface area contributed by atoms with Crippen LogP contribution in [0.25, 0.3) is 11.5 Å². The molecule has 0 aliphatic carbocycles. The fraction of sp³-hybridized carbons (Fsp3) is 0.280. The van der Waals surface area contributed by atoms with E-state index in [1.165, 1.54) is 16.7 Å². The Morgan fingerprint density at radius 3 is 2.65 bits per heavy atom. The van der Waals surface area contributed by atoms with Gasteiger partial charge in [-0.15, -0.1) is 0 Å². The highest BCUT2D eigenvalue weighted by atomic mass is 32.2. The summed E-state index contributed by atoms with van der Waals surface area (Å²) in [4.78, 5) is 29.4. The van der Waals surface area contributed by atoms with Crippen LogP contribution in [0.1, 0.15) is 23.4 Å². The van der Waals surface area contributed by atoms with Gasteiger partial charge in [0.25, 0.3) is 0 Å². The second-order valence-electron chi connectivity index (χ2n) is 7.84. The van der Waals surface area contributed by atoms with Crippen molar-refractivity contribution in [2.24, 2.45) is 0 Å². The first-order chi connectivity index (χ1) is 16.4. The molecule has 2 aromatic carbocycles. The maximum Gasteiger partial charge on any atom is 0.305 e. The molecular formula is C25H24N2O5S2. The Labute approximate surface area is 207 Å². The number of benzene rings is 2. The average Bonchev–Trinajstić information content (AvgIpc) is 3.32. The number of nitrogens with zero attached hydrogens (tertiary/aromatic N) is 2. The number of oxazole rings is 1. The maximum atomic E-state index is 12.6. The molecule has 0 saturated carbocycles. The van der Waals surface area contributed by atoms with Crippen molar-refractivity contribution in [1.82, 2.24) is 9.88 Å². The Hall–Kier alpha value is -3.17. The molecule has 4 rings (SSSR count). The van der Waals surface area contributed by atoms with E-state index in [4.69, 9.17) is 26.5 Å². The summed E-state index contributed by atoms with van der Waals surface area (Å²) >= 11 is 6.57. The molecule has 3 aromatic rings. The van der Waals surface area contributed by atoms with Gasteiger partial charge >= 0.3 is 5.97 Å². The van der Waals surface area contributed by atoms with Crippen molar-refractivity contribution in [3.63, 3.8) is 0 Å². The first-order valence-corrected chi connectivity index (χ1v) is 12.2. The van der Waals surface area contributed by atoms with Crippen LogP contribution in [0, 0.1) is 6.92 Å². The summed E-state index contributed by atoms with van der Waals surface area (Å²) in [5.41, 5.74) is 2.80. The number of aliphatic carboxylic acids is 1. The summed E-state index contributed by atoms with van der Waals surface area (Å²) < 4.78 is 12.1. The predicted octanol–water partition coefficient (Wildman–Crippen LogP) is 4.52. The number of thioether (sulfide) groups is 1. The molecule has 0 bridgehead atoms. The van der Waals surface area contributed by atoms with Gasteiger partial charge in [-0.3, -0.25) is 14.5 Å². The number of amides is 1. The number of ether oxygens (including phenoxy) is 1. The summed E-state index contributed by atoms with van der Waals surface area (Å²) in [5.74, 6) is 1.05. The van der Waals surface area contributed by atoms with E-state index in [1.54, 1.807) is 0 Å². The van der Waals surface area contributed by atoms with Gasteiger partial charge in [-0.2, -0.15) is 0 Å². The van der Waals surface area contributed by atoms with Gasteiger partial charge in [0.15, 0.2) is 0 Å². The molecule has 1 unspecified atom stereocenters. The molecule has 34 heavy (non-hydrogen) atoms. The SMILES string of the molecule is Cc1oc(-c2ccccc2)nc1CCOc1ccc(CC2SC(=S)N(CCC(=O)O)C2=O)cc1. The first-order valence-electron chi connectivity index (χ1n) is 10.9. The zero-order chi connectivity index (χ0) is 24.1. The van der Waals surface area contributed by atoms with Crippen LogP contribution in [0.15, 0.2) is 59.0 Å². The molecule has 1 saturated heterocycles. The number of carboxylic acid groups (broad SMARTS) is 1. The zero-order valence-corrected chi connectivity index (χ0v) is 20.2. The number of aryl methyl sites for hydroxylation is 1. The Morgan fingerprint density at radius 1 is 1.21 bits per heavy atom. The zero-order valence-electron chi connectivity index (χ0n) is 18.6. The molecule has 176 valence electrons. The van der Waals surface area contributed by atoms with Gasteiger partial charge in [0, 0.05) is 18.5 Å². The highest BCUT2D eigenvalue weighted by Crippen LogP contribution is 2.30. The maximum absolute atomic E-state index is 12.6. The molecule has 1 N–H and O–H groups in total. The van der Waals surface area contributed by atoms with Crippen LogP contribution in [0.4, 0.5) is 0 Å². The molecule has 2 heterocycles. The fourth-order valence-corrected chi connectivity index (χ4v) is 5.19. The minimum absolute atomic E-state index is 0.112. The molecule has 0 spiro atoms. The first kappa shape index (κ1) is 24.0. The number of hydrogen-bond acceptors (Lipinski definition) is 7. The Bertz CT molecular complexity index is 1180. The number of carboxylic acids is 1. The van der Waals surface area contributed by atoms with Gasteiger partial charge in [0.05, 0.1) is 24.0 Å². The number of carbonyl (C=O) groups excluding carboxylic acids is 1. The summed E-state index contributed by atoms with van der Waals surface area (Å²) in [6.45, 7) is 2.48.